The highest BCUT2D eigenvalue weighted by Gasteiger charge is 2.48. The molecule has 160 valence electrons. The average Bonchev–Trinajstić information content (AvgIpc) is 3.16. The van der Waals surface area contributed by atoms with Crippen LogP contribution in [0.15, 0.2) is 54.9 Å². The maximum absolute atomic E-state index is 13.7. The van der Waals surface area contributed by atoms with Crippen LogP contribution in [0.2, 0.25) is 0 Å². The van der Waals surface area contributed by atoms with Crippen molar-refractivity contribution in [2.45, 2.75) is 63.7 Å². The summed E-state index contributed by atoms with van der Waals surface area (Å²) >= 11 is 0. The summed E-state index contributed by atoms with van der Waals surface area (Å²) in [5.74, 6) is -0.187. The lowest BCUT2D eigenvalue weighted by Gasteiger charge is -2.45. The molecular formula is C25H28N4O2. The number of para-hydroxylation sites is 1. The number of carbonyl (C=O) groups is 2. The van der Waals surface area contributed by atoms with E-state index >= 15 is 0 Å². The molecule has 0 spiro atoms. The second-order valence-electron chi connectivity index (χ2n) is 9.01. The van der Waals surface area contributed by atoms with Gasteiger partial charge >= 0.3 is 0 Å². The van der Waals surface area contributed by atoms with Gasteiger partial charge in [0.1, 0.15) is 11.2 Å². The van der Waals surface area contributed by atoms with Gasteiger partial charge in [0, 0.05) is 35.9 Å². The molecule has 3 heterocycles. The Morgan fingerprint density at radius 1 is 1.16 bits per heavy atom. The van der Waals surface area contributed by atoms with E-state index in [0.717, 1.165) is 42.1 Å². The molecule has 1 aliphatic heterocycles. The molecule has 1 unspecified atom stereocenters. The molecule has 0 bridgehead atoms. The Morgan fingerprint density at radius 3 is 2.74 bits per heavy atom. The SMILES string of the molecule is CC1(C(=O)NC2CCCCC2)Cn2c(cc3ccccc32)C(=O)N1Cc1cccnc1. The summed E-state index contributed by atoms with van der Waals surface area (Å²) in [6, 6.07) is 13.9. The number of pyridine rings is 1. The number of nitrogens with one attached hydrogen (secondary N) is 1. The highest BCUT2D eigenvalue weighted by atomic mass is 16.2. The highest BCUT2D eigenvalue weighted by molar-refractivity contribution is 6.03. The lowest BCUT2D eigenvalue weighted by molar-refractivity contribution is -0.134. The van der Waals surface area contributed by atoms with Crippen LogP contribution >= 0.6 is 0 Å². The fraction of sp³-hybridized carbons (Fsp3) is 0.400. The summed E-state index contributed by atoms with van der Waals surface area (Å²) in [4.78, 5) is 33.3. The van der Waals surface area contributed by atoms with Crippen molar-refractivity contribution in [2.24, 2.45) is 0 Å². The number of hydrogen-bond acceptors (Lipinski definition) is 3. The van der Waals surface area contributed by atoms with E-state index in [4.69, 9.17) is 0 Å². The second kappa shape index (κ2) is 7.84. The molecule has 0 radical (unpaired) electrons. The zero-order valence-electron chi connectivity index (χ0n) is 17.9. The van der Waals surface area contributed by atoms with Gasteiger partial charge in [-0.15, -0.1) is 0 Å². The van der Waals surface area contributed by atoms with Crippen molar-refractivity contribution in [3.05, 3.63) is 66.1 Å². The molecule has 31 heavy (non-hydrogen) atoms. The van der Waals surface area contributed by atoms with Crippen LogP contribution in [0.5, 0.6) is 0 Å². The van der Waals surface area contributed by atoms with Crippen molar-refractivity contribution in [3.8, 4) is 0 Å². The van der Waals surface area contributed by atoms with Crippen LogP contribution in [0.25, 0.3) is 10.9 Å². The van der Waals surface area contributed by atoms with Crippen molar-refractivity contribution < 1.29 is 9.59 Å². The molecular weight excluding hydrogens is 388 g/mol. The lowest BCUT2D eigenvalue weighted by Crippen LogP contribution is -2.64. The van der Waals surface area contributed by atoms with Gasteiger partial charge in [-0.3, -0.25) is 14.6 Å². The number of benzene rings is 1. The summed E-state index contributed by atoms with van der Waals surface area (Å²) in [7, 11) is 0. The molecule has 1 aliphatic carbocycles. The Bertz CT molecular complexity index is 1120. The molecule has 3 aromatic rings. The maximum atomic E-state index is 13.7. The van der Waals surface area contributed by atoms with Gasteiger partial charge in [-0.1, -0.05) is 43.5 Å². The first-order valence-electron chi connectivity index (χ1n) is 11.2. The third kappa shape index (κ3) is 3.50. The van der Waals surface area contributed by atoms with E-state index in [9.17, 15) is 9.59 Å². The Labute approximate surface area is 182 Å². The van der Waals surface area contributed by atoms with Gasteiger partial charge in [0.25, 0.3) is 5.91 Å². The van der Waals surface area contributed by atoms with Crippen LogP contribution in [-0.4, -0.2) is 37.8 Å². The first-order chi connectivity index (χ1) is 15.1. The molecule has 1 N–H and O–H groups in total. The standard InChI is InChI=1S/C25H28N4O2/c1-25(24(31)27-20-10-3-2-4-11-20)17-28-21-12-6-5-9-19(21)14-22(28)23(30)29(25)16-18-8-7-13-26-15-18/h5-9,12-15,20H,2-4,10-11,16-17H2,1H3,(H,27,31). The first kappa shape index (κ1) is 19.8. The van der Waals surface area contributed by atoms with Gasteiger partial charge in [0.15, 0.2) is 0 Å². The molecule has 6 heteroatoms. The van der Waals surface area contributed by atoms with Gasteiger partial charge in [0.2, 0.25) is 5.91 Å². The monoisotopic (exact) mass is 416 g/mol. The van der Waals surface area contributed by atoms with Gasteiger partial charge in [-0.25, -0.2) is 0 Å². The van der Waals surface area contributed by atoms with E-state index in [-0.39, 0.29) is 17.9 Å². The summed E-state index contributed by atoms with van der Waals surface area (Å²) in [6.45, 7) is 2.68. The van der Waals surface area contributed by atoms with E-state index in [1.54, 1.807) is 17.3 Å². The smallest absolute Gasteiger partial charge is 0.271 e. The van der Waals surface area contributed by atoms with Crippen LogP contribution in [0, 0.1) is 0 Å². The fourth-order valence-electron chi connectivity index (χ4n) is 5.02. The molecule has 5 rings (SSSR count). The van der Waals surface area contributed by atoms with Crippen molar-refractivity contribution in [1.29, 1.82) is 0 Å². The van der Waals surface area contributed by atoms with E-state index in [2.05, 4.69) is 10.3 Å². The number of nitrogens with zero attached hydrogens (tertiary/aromatic N) is 3. The molecule has 1 aromatic carbocycles. The summed E-state index contributed by atoms with van der Waals surface area (Å²) in [5.41, 5.74) is 1.55. The number of fused-ring (bicyclic) bond motifs is 3. The minimum Gasteiger partial charge on any atom is -0.351 e. The van der Waals surface area contributed by atoms with Crippen molar-refractivity contribution in [2.75, 3.05) is 0 Å². The van der Waals surface area contributed by atoms with Gasteiger partial charge < -0.3 is 14.8 Å². The minimum atomic E-state index is -0.987. The quantitative estimate of drug-likeness (QED) is 0.701. The van der Waals surface area contributed by atoms with Crippen LogP contribution in [-0.2, 0) is 17.9 Å². The molecule has 0 saturated heterocycles. The lowest BCUT2D eigenvalue weighted by atomic mass is 9.91. The molecule has 1 saturated carbocycles. The zero-order valence-corrected chi connectivity index (χ0v) is 17.9. The predicted octanol–water partition coefficient (Wildman–Crippen LogP) is 3.90. The van der Waals surface area contributed by atoms with Crippen LogP contribution in [0.3, 0.4) is 0 Å². The molecule has 6 nitrogen and oxygen atoms in total. The van der Waals surface area contributed by atoms with Crippen LogP contribution < -0.4 is 5.32 Å². The third-order valence-electron chi connectivity index (χ3n) is 6.83. The highest BCUT2D eigenvalue weighted by Crippen LogP contribution is 2.34. The number of carbonyl (C=O) groups excluding carboxylic acids is 2. The molecule has 2 aliphatic rings. The van der Waals surface area contributed by atoms with Gasteiger partial charge in [-0.2, -0.15) is 0 Å². The third-order valence-corrected chi connectivity index (χ3v) is 6.83. The van der Waals surface area contributed by atoms with Crippen LogP contribution in [0.1, 0.15) is 55.1 Å². The largest absolute Gasteiger partial charge is 0.351 e. The number of rotatable bonds is 4. The summed E-state index contributed by atoms with van der Waals surface area (Å²) in [6.07, 6.45) is 9.02. The van der Waals surface area contributed by atoms with E-state index in [0.29, 0.717) is 18.8 Å². The van der Waals surface area contributed by atoms with E-state index < -0.39 is 5.54 Å². The van der Waals surface area contributed by atoms with Crippen molar-refractivity contribution >= 4 is 22.7 Å². The Hall–Kier alpha value is -3.15. The van der Waals surface area contributed by atoms with Gasteiger partial charge in [-0.05, 0) is 43.5 Å². The summed E-state index contributed by atoms with van der Waals surface area (Å²) < 4.78 is 2.01. The molecule has 1 fully saturated rings. The molecule has 2 amide bonds. The second-order valence-corrected chi connectivity index (χ2v) is 9.01. The van der Waals surface area contributed by atoms with E-state index in [1.807, 2.05) is 54.0 Å². The number of amides is 2. The maximum Gasteiger partial charge on any atom is 0.271 e. The minimum absolute atomic E-state index is 0.0694. The molecule has 2 aromatic heterocycles. The number of hydrogen-bond donors (Lipinski definition) is 1. The van der Waals surface area contributed by atoms with Crippen molar-refractivity contribution in [1.82, 2.24) is 19.8 Å². The van der Waals surface area contributed by atoms with Gasteiger partial charge in [0.05, 0.1) is 6.54 Å². The Balaban J connectivity index is 1.55. The van der Waals surface area contributed by atoms with Crippen molar-refractivity contribution in [3.63, 3.8) is 0 Å². The topological polar surface area (TPSA) is 67.2 Å². The molecule has 1 atom stereocenters. The predicted molar refractivity (Wildman–Crippen MR) is 119 cm³/mol. The Morgan fingerprint density at radius 2 is 1.97 bits per heavy atom. The fourth-order valence-corrected chi connectivity index (χ4v) is 5.02. The Kier molecular flexibility index (Phi) is 5.00. The van der Waals surface area contributed by atoms with E-state index in [1.165, 1.54) is 6.42 Å². The van der Waals surface area contributed by atoms with Crippen LogP contribution in [0.4, 0.5) is 0 Å². The first-order valence-corrected chi connectivity index (χ1v) is 11.2. The normalized spacial score (nSPS) is 21.8. The zero-order chi connectivity index (χ0) is 21.4. The number of aromatic nitrogens is 2. The average molecular weight is 417 g/mol. The summed E-state index contributed by atoms with van der Waals surface area (Å²) in [5, 5.41) is 4.29.